The van der Waals surface area contributed by atoms with Crippen molar-refractivity contribution in [1.29, 1.82) is 5.26 Å². The van der Waals surface area contributed by atoms with E-state index in [0.717, 1.165) is 22.6 Å². The van der Waals surface area contributed by atoms with E-state index in [0.29, 0.717) is 12.3 Å². The van der Waals surface area contributed by atoms with Crippen molar-refractivity contribution in [2.24, 2.45) is 0 Å². The van der Waals surface area contributed by atoms with Gasteiger partial charge in [-0.15, -0.1) is 0 Å². The van der Waals surface area contributed by atoms with Gasteiger partial charge in [-0.25, -0.2) is 0 Å². The summed E-state index contributed by atoms with van der Waals surface area (Å²) >= 11 is 0. The topological polar surface area (TPSA) is 42.2 Å². The fourth-order valence-corrected chi connectivity index (χ4v) is 1.66. The summed E-state index contributed by atoms with van der Waals surface area (Å²) < 4.78 is 10.6. The molecule has 0 amide bonds. The molecule has 0 fully saturated rings. The Morgan fingerprint density at radius 1 is 1.19 bits per heavy atom. The highest BCUT2D eigenvalue weighted by Gasteiger charge is 2.13. The van der Waals surface area contributed by atoms with Crippen molar-refractivity contribution < 1.29 is 9.47 Å². The van der Waals surface area contributed by atoms with Crippen LogP contribution in [0.15, 0.2) is 12.1 Å². The second-order valence-electron chi connectivity index (χ2n) is 3.90. The van der Waals surface area contributed by atoms with Gasteiger partial charge in [0.25, 0.3) is 0 Å². The van der Waals surface area contributed by atoms with Crippen LogP contribution in [0.3, 0.4) is 0 Å². The van der Waals surface area contributed by atoms with Crippen LogP contribution in [0.2, 0.25) is 0 Å². The molecule has 86 valence electrons. The molecule has 0 bridgehead atoms. The SMILES string of the molecule is COc1cc(C(C)C)c(OC)cc1CC#N. The molecule has 0 aliphatic heterocycles. The number of hydrogen-bond donors (Lipinski definition) is 0. The first-order chi connectivity index (χ1) is 7.63. The molecular formula is C13H17NO2. The molecule has 0 unspecified atom stereocenters. The van der Waals surface area contributed by atoms with Crippen molar-refractivity contribution >= 4 is 0 Å². The third kappa shape index (κ3) is 2.46. The highest BCUT2D eigenvalue weighted by molar-refractivity contribution is 5.48. The number of rotatable bonds is 4. The second kappa shape index (κ2) is 5.41. The predicted octanol–water partition coefficient (Wildman–Crippen LogP) is 2.89. The van der Waals surface area contributed by atoms with Crippen LogP contribution in [0, 0.1) is 11.3 Å². The number of benzene rings is 1. The summed E-state index contributed by atoms with van der Waals surface area (Å²) in [5.74, 6) is 1.94. The molecule has 16 heavy (non-hydrogen) atoms. The molecule has 1 aromatic carbocycles. The molecule has 0 aromatic heterocycles. The summed E-state index contributed by atoms with van der Waals surface area (Å²) in [4.78, 5) is 0. The Labute approximate surface area is 96.6 Å². The fourth-order valence-electron chi connectivity index (χ4n) is 1.66. The molecule has 3 heteroatoms. The average Bonchev–Trinajstić information content (AvgIpc) is 2.28. The Bertz CT molecular complexity index is 405. The van der Waals surface area contributed by atoms with Crippen LogP contribution in [0.1, 0.15) is 30.9 Å². The van der Waals surface area contributed by atoms with Crippen LogP contribution in [0.4, 0.5) is 0 Å². The lowest BCUT2D eigenvalue weighted by molar-refractivity contribution is 0.394. The summed E-state index contributed by atoms with van der Waals surface area (Å²) in [7, 11) is 3.26. The lowest BCUT2D eigenvalue weighted by atomic mass is 9.98. The van der Waals surface area contributed by atoms with Crippen molar-refractivity contribution in [3.05, 3.63) is 23.3 Å². The van der Waals surface area contributed by atoms with Gasteiger partial charge in [-0.2, -0.15) is 5.26 Å². The third-order valence-corrected chi connectivity index (χ3v) is 2.52. The predicted molar refractivity (Wildman–Crippen MR) is 63.0 cm³/mol. The summed E-state index contributed by atoms with van der Waals surface area (Å²) in [5, 5.41) is 8.74. The highest BCUT2D eigenvalue weighted by Crippen LogP contribution is 2.33. The van der Waals surface area contributed by atoms with E-state index >= 15 is 0 Å². The third-order valence-electron chi connectivity index (χ3n) is 2.52. The molecular weight excluding hydrogens is 202 g/mol. The van der Waals surface area contributed by atoms with E-state index in [4.69, 9.17) is 14.7 Å². The normalized spacial score (nSPS) is 10.0. The van der Waals surface area contributed by atoms with Crippen LogP contribution in [-0.2, 0) is 6.42 Å². The summed E-state index contributed by atoms with van der Waals surface area (Å²) in [6, 6.07) is 5.96. The number of hydrogen-bond acceptors (Lipinski definition) is 3. The molecule has 1 rings (SSSR count). The lowest BCUT2D eigenvalue weighted by Gasteiger charge is -2.15. The van der Waals surface area contributed by atoms with Gasteiger partial charge < -0.3 is 9.47 Å². The van der Waals surface area contributed by atoms with Crippen LogP contribution in [0.25, 0.3) is 0 Å². The molecule has 1 aromatic rings. The number of ether oxygens (including phenoxy) is 2. The summed E-state index contributed by atoms with van der Waals surface area (Å²) in [6.45, 7) is 4.20. The first-order valence-electron chi connectivity index (χ1n) is 5.25. The fraction of sp³-hybridized carbons (Fsp3) is 0.462. The standard InChI is InChI=1S/C13H17NO2/c1-9(2)11-8-12(15-3)10(5-6-14)7-13(11)16-4/h7-9H,5H2,1-4H3. The smallest absolute Gasteiger partial charge is 0.123 e. The van der Waals surface area contributed by atoms with Gasteiger partial charge in [0.15, 0.2) is 0 Å². The first kappa shape index (κ1) is 12.4. The molecule has 0 saturated carbocycles. The van der Waals surface area contributed by atoms with E-state index in [-0.39, 0.29) is 0 Å². The van der Waals surface area contributed by atoms with E-state index < -0.39 is 0 Å². The summed E-state index contributed by atoms with van der Waals surface area (Å²) in [6.07, 6.45) is 0.331. The molecule has 0 atom stereocenters. The van der Waals surface area contributed by atoms with E-state index in [9.17, 15) is 0 Å². The Kier molecular flexibility index (Phi) is 4.19. The van der Waals surface area contributed by atoms with Gasteiger partial charge in [0.05, 0.1) is 26.7 Å². The van der Waals surface area contributed by atoms with Gasteiger partial charge in [-0.1, -0.05) is 13.8 Å². The molecule has 0 aliphatic rings. The molecule has 0 N–H and O–H groups in total. The van der Waals surface area contributed by atoms with E-state index in [2.05, 4.69) is 19.9 Å². The zero-order valence-electron chi connectivity index (χ0n) is 10.2. The zero-order valence-corrected chi connectivity index (χ0v) is 10.2. The monoisotopic (exact) mass is 219 g/mol. The number of methoxy groups -OCH3 is 2. The molecule has 0 radical (unpaired) electrons. The molecule has 3 nitrogen and oxygen atoms in total. The van der Waals surface area contributed by atoms with Crippen molar-refractivity contribution in [2.45, 2.75) is 26.2 Å². The van der Waals surface area contributed by atoms with E-state index in [1.807, 2.05) is 12.1 Å². The van der Waals surface area contributed by atoms with Gasteiger partial charge >= 0.3 is 0 Å². The van der Waals surface area contributed by atoms with Gasteiger partial charge in [0.1, 0.15) is 11.5 Å². The largest absolute Gasteiger partial charge is 0.496 e. The van der Waals surface area contributed by atoms with Crippen molar-refractivity contribution in [3.63, 3.8) is 0 Å². The van der Waals surface area contributed by atoms with Crippen LogP contribution in [0.5, 0.6) is 11.5 Å². The van der Waals surface area contributed by atoms with Gasteiger partial charge in [-0.3, -0.25) is 0 Å². The van der Waals surface area contributed by atoms with Gasteiger partial charge in [0, 0.05) is 11.1 Å². The molecule has 0 aliphatic carbocycles. The first-order valence-corrected chi connectivity index (χ1v) is 5.25. The minimum atomic E-state index is 0.331. The Morgan fingerprint density at radius 3 is 2.25 bits per heavy atom. The lowest BCUT2D eigenvalue weighted by Crippen LogP contribution is -1.99. The maximum atomic E-state index is 8.74. The van der Waals surface area contributed by atoms with Crippen molar-refractivity contribution in [3.8, 4) is 17.6 Å². The molecule has 0 saturated heterocycles. The number of nitrogens with zero attached hydrogens (tertiary/aromatic N) is 1. The number of nitriles is 1. The second-order valence-corrected chi connectivity index (χ2v) is 3.90. The minimum absolute atomic E-state index is 0.331. The maximum Gasteiger partial charge on any atom is 0.123 e. The van der Waals surface area contributed by atoms with Gasteiger partial charge in [0.2, 0.25) is 0 Å². The van der Waals surface area contributed by atoms with Crippen LogP contribution >= 0.6 is 0 Å². The molecule has 0 heterocycles. The summed E-state index contributed by atoms with van der Waals surface area (Å²) in [5.41, 5.74) is 1.97. The van der Waals surface area contributed by atoms with Crippen molar-refractivity contribution in [2.75, 3.05) is 14.2 Å². The quantitative estimate of drug-likeness (QED) is 0.782. The van der Waals surface area contributed by atoms with Crippen LogP contribution in [-0.4, -0.2) is 14.2 Å². The van der Waals surface area contributed by atoms with Crippen molar-refractivity contribution in [1.82, 2.24) is 0 Å². The average molecular weight is 219 g/mol. The Morgan fingerprint density at radius 2 is 1.81 bits per heavy atom. The van der Waals surface area contributed by atoms with Crippen LogP contribution < -0.4 is 9.47 Å². The van der Waals surface area contributed by atoms with E-state index in [1.54, 1.807) is 14.2 Å². The molecule has 0 spiro atoms. The van der Waals surface area contributed by atoms with Gasteiger partial charge in [-0.05, 0) is 18.1 Å². The maximum absolute atomic E-state index is 8.74. The van der Waals surface area contributed by atoms with E-state index in [1.165, 1.54) is 0 Å². The Balaban J connectivity index is 3.29. The Hall–Kier alpha value is -1.69. The highest BCUT2D eigenvalue weighted by atomic mass is 16.5. The minimum Gasteiger partial charge on any atom is -0.496 e. The zero-order chi connectivity index (χ0) is 12.1.